The van der Waals surface area contributed by atoms with Gasteiger partial charge in [0, 0.05) is 43.7 Å². The van der Waals surface area contributed by atoms with Gasteiger partial charge < -0.3 is 14.5 Å². The van der Waals surface area contributed by atoms with E-state index in [-0.39, 0.29) is 28.4 Å². The van der Waals surface area contributed by atoms with Crippen LogP contribution in [0.4, 0.5) is 5.69 Å². The fraction of sp³-hybridized carbons (Fsp3) is 0.500. The third-order valence-corrected chi connectivity index (χ3v) is 6.43. The maximum absolute atomic E-state index is 12.9. The summed E-state index contributed by atoms with van der Waals surface area (Å²) in [6.45, 7) is 5.59. The number of nitrogens with zero attached hydrogens (tertiary/aromatic N) is 2. The second-order valence-electron chi connectivity index (χ2n) is 7.25. The molecule has 1 amide bonds. The van der Waals surface area contributed by atoms with E-state index in [9.17, 15) is 4.79 Å². The number of carbonyl (C=O) groups excluding carboxylic acids is 1. The van der Waals surface area contributed by atoms with E-state index in [4.69, 9.17) is 4.74 Å². The predicted octanol–water partition coefficient (Wildman–Crippen LogP) is 4.79. The van der Waals surface area contributed by atoms with Crippen molar-refractivity contribution < 1.29 is 9.53 Å². The van der Waals surface area contributed by atoms with Crippen LogP contribution in [-0.4, -0.2) is 49.7 Å². The van der Waals surface area contributed by atoms with Gasteiger partial charge in [-0.1, -0.05) is 31.2 Å². The molecule has 0 unspecified atom stereocenters. The normalized spacial score (nSPS) is 16.4. The average Bonchev–Trinajstić information content (AvgIpc) is 3.22. The van der Waals surface area contributed by atoms with Gasteiger partial charge in [-0.05, 0) is 42.8 Å². The van der Waals surface area contributed by atoms with Crippen molar-refractivity contribution in [2.75, 3.05) is 38.3 Å². The molecular formula is C22H31BrN2O2S. The summed E-state index contributed by atoms with van der Waals surface area (Å²) in [6, 6.07) is 14.4. The zero-order valence-electron chi connectivity index (χ0n) is 16.8. The fourth-order valence-electron chi connectivity index (χ4n) is 4.03. The fourth-order valence-corrected chi connectivity index (χ4v) is 4.73. The van der Waals surface area contributed by atoms with Gasteiger partial charge in [-0.15, -0.1) is 28.3 Å². The Balaban J connectivity index is 0.00000280. The topological polar surface area (TPSA) is 32.8 Å². The monoisotopic (exact) mass is 466 g/mol. The Morgan fingerprint density at radius 3 is 2.46 bits per heavy atom. The van der Waals surface area contributed by atoms with Crippen molar-refractivity contribution >= 4 is 39.9 Å². The van der Waals surface area contributed by atoms with Crippen molar-refractivity contribution in [1.29, 1.82) is 0 Å². The van der Waals surface area contributed by atoms with Gasteiger partial charge >= 0.3 is 0 Å². The number of benzene rings is 1. The number of halogens is 1. The molecule has 0 saturated carbocycles. The number of rotatable bonds is 8. The molecule has 6 heteroatoms. The molecule has 0 radical (unpaired) electrons. The van der Waals surface area contributed by atoms with Gasteiger partial charge in [0.15, 0.2) is 0 Å². The van der Waals surface area contributed by atoms with E-state index in [2.05, 4.69) is 22.4 Å². The summed E-state index contributed by atoms with van der Waals surface area (Å²) >= 11 is 1.83. The third kappa shape index (κ3) is 5.44. The summed E-state index contributed by atoms with van der Waals surface area (Å²) < 4.78 is 5.63. The van der Waals surface area contributed by atoms with Crippen LogP contribution in [0.15, 0.2) is 47.8 Å². The van der Waals surface area contributed by atoms with E-state index in [1.54, 1.807) is 7.11 Å². The molecule has 1 fully saturated rings. The largest absolute Gasteiger partial charge is 0.382 e. The quantitative estimate of drug-likeness (QED) is 0.560. The molecule has 4 nitrogen and oxygen atoms in total. The molecule has 28 heavy (non-hydrogen) atoms. The molecule has 0 spiro atoms. The smallest absolute Gasteiger partial charge is 0.227 e. The lowest BCUT2D eigenvalue weighted by Gasteiger charge is -2.48. The van der Waals surface area contributed by atoms with Crippen LogP contribution in [0.25, 0.3) is 0 Å². The summed E-state index contributed by atoms with van der Waals surface area (Å²) in [4.78, 5) is 18.9. The van der Waals surface area contributed by atoms with Crippen molar-refractivity contribution in [3.05, 3.63) is 52.7 Å². The number of hydrogen-bond acceptors (Lipinski definition) is 4. The summed E-state index contributed by atoms with van der Waals surface area (Å²) in [5, 5.41) is 2.14. The molecule has 1 aromatic carbocycles. The zero-order chi connectivity index (χ0) is 19.1. The highest BCUT2D eigenvalue weighted by Gasteiger charge is 2.42. The minimum absolute atomic E-state index is 0. The second-order valence-corrected chi connectivity index (χ2v) is 8.28. The number of likely N-dealkylation sites (tertiary alicyclic amines) is 1. The number of thiophene rings is 1. The minimum Gasteiger partial charge on any atom is -0.382 e. The molecule has 0 atom stereocenters. The molecule has 0 N–H and O–H groups in total. The first-order chi connectivity index (χ1) is 13.2. The van der Waals surface area contributed by atoms with Gasteiger partial charge in [-0.3, -0.25) is 4.79 Å². The Hall–Kier alpha value is -1.21. The molecule has 1 aliphatic heterocycles. The number of hydrogen-bond donors (Lipinski definition) is 0. The van der Waals surface area contributed by atoms with Crippen molar-refractivity contribution in [2.45, 2.75) is 38.1 Å². The number of piperidine rings is 1. The van der Waals surface area contributed by atoms with Crippen LogP contribution >= 0.6 is 28.3 Å². The van der Waals surface area contributed by atoms with Crippen LogP contribution in [0.5, 0.6) is 0 Å². The standard InChI is InChI=1S/C22H30N2O2S.BrH/c1-3-21(25)24(19-8-5-4-6-9-19)22(18-26-2)12-15-23(16-13-22)14-11-20-10-7-17-27-20;/h4-10,17H,3,11-16,18H2,1-2H3;1H. The van der Waals surface area contributed by atoms with Crippen LogP contribution in [0.1, 0.15) is 31.1 Å². The van der Waals surface area contributed by atoms with Crippen LogP contribution in [0.2, 0.25) is 0 Å². The lowest BCUT2D eigenvalue weighted by atomic mass is 9.85. The van der Waals surface area contributed by atoms with Gasteiger partial charge in [-0.2, -0.15) is 0 Å². The van der Waals surface area contributed by atoms with Crippen LogP contribution in [-0.2, 0) is 16.0 Å². The maximum Gasteiger partial charge on any atom is 0.227 e. The molecule has 1 aliphatic rings. The highest BCUT2D eigenvalue weighted by atomic mass is 79.9. The van der Waals surface area contributed by atoms with Crippen molar-refractivity contribution in [3.63, 3.8) is 0 Å². The Morgan fingerprint density at radius 1 is 1.18 bits per heavy atom. The lowest BCUT2D eigenvalue weighted by molar-refractivity contribution is -0.120. The molecule has 3 rings (SSSR count). The van der Waals surface area contributed by atoms with Gasteiger partial charge in [0.05, 0.1) is 12.1 Å². The van der Waals surface area contributed by atoms with Gasteiger partial charge in [0.25, 0.3) is 0 Å². The molecular weight excluding hydrogens is 436 g/mol. The predicted molar refractivity (Wildman–Crippen MR) is 123 cm³/mol. The van der Waals surface area contributed by atoms with Gasteiger partial charge in [0.2, 0.25) is 5.91 Å². The van der Waals surface area contributed by atoms with E-state index >= 15 is 0 Å². The van der Waals surface area contributed by atoms with E-state index in [1.165, 1.54) is 4.88 Å². The van der Waals surface area contributed by atoms with Crippen molar-refractivity contribution in [1.82, 2.24) is 4.90 Å². The van der Waals surface area contributed by atoms with Gasteiger partial charge in [-0.25, -0.2) is 0 Å². The Bertz CT molecular complexity index is 701. The lowest BCUT2D eigenvalue weighted by Crippen LogP contribution is -2.60. The minimum atomic E-state index is -0.261. The van der Waals surface area contributed by atoms with Crippen molar-refractivity contribution in [3.8, 4) is 0 Å². The number of methoxy groups -OCH3 is 1. The first kappa shape index (κ1) is 23.1. The summed E-state index contributed by atoms with van der Waals surface area (Å²) in [5.41, 5.74) is 0.719. The SMILES string of the molecule is Br.CCC(=O)N(c1ccccc1)C1(COC)CCN(CCc2cccs2)CC1. The Kier molecular flexibility index (Phi) is 9.15. The Morgan fingerprint density at radius 2 is 1.89 bits per heavy atom. The molecule has 1 aromatic heterocycles. The Labute approximate surface area is 183 Å². The zero-order valence-corrected chi connectivity index (χ0v) is 19.3. The second kappa shape index (κ2) is 11.1. The van der Waals surface area contributed by atoms with Crippen molar-refractivity contribution in [2.24, 2.45) is 0 Å². The average molecular weight is 467 g/mol. The first-order valence-corrected chi connectivity index (χ1v) is 10.7. The summed E-state index contributed by atoms with van der Waals surface area (Å²) in [5.74, 6) is 0.172. The summed E-state index contributed by atoms with van der Waals surface area (Å²) in [6.07, 6.45) is 3.48. The van der Waals surface area contributed by atoms with Crippen LogP contribution in [0.3, 0.4) is 0 Å². The van der Waals surface area contributed by atoms with E-state index in [0.29, 0.717) is 13.0 Å². The van der Waals surface area contributed by atoms with Gasteiger partial charge in [0.1, 0.15) is 0 Å². The molecule has 0 aliphatic carbocycles. The van der Waals surface area contributed by atoms with Crippen LogP contribution in [0, 0.1) is 0 Å². The molecule has 2 heterocycles. The number of carbonyl (C=O) groups is 1. The molecule has 1 saturated heterocycles. The number of para-hydroxylation sites is 1. The molecule has 2 aromatic rings. The number of ether oxygens (including phenoxy) is 1. The maximum atomic E-state index is 12.9. The van der Waals surface area contributed by atoms with E-state index in [0.717, 1.165) is 44.6 Å². The third-order valence-electron chi connectivity index (χ3n) is 5.49. The van der Waals surface area contributed by atoms with Crippen LogP contribution < -0.4 is 4.90 Å². The van der Waals surface area contributed by atoms with E-state index in [1.807, 2.05) is 53.5 Å². The summed E-state index contributed by atoms with van der Waals surface area (Å²) in [7, 11) is 1.74. The number of amides is 1. The van der Waals surface area contributed by atoms with E-state index < -0.39 is 0 Å². The highest BCUT2D eigenvalue weighted by Crippen LogP contribution is 2.34. The molecule has 0 bridgehead atoms. The highest BCUT2D eigenvalue weighted by molar-refractivity contribution is 8.93. The molecule has 154 valence electrons. The first-order valence-electron chi connectivity index (χ1n) is 9.80. The number of anilines is 1.